The summed E-state index contributed by atoms with van der Waals surface area (Å²) in [5.41, 5.74) is 6.82. The summed E-state index contributed by atoms with van der Waals surface area (Å²) in [6, 6.07) is 6.93. The quantitative estimate of drug-likeness (QED) is 0.623. The van der Waals surface area contributed by atoms with E-state index in [0.717, 1.165) is 13.0 Å². The molecule has 0 saturated carbocycles. The Hall–Kier alpha value is -3.00. The fourth-order valence-corrected chi connectivity index (χ4v) is 2.99. The third-order valence-corrected chi connectivity index (χ3v) is 4.22. The Kier molecular flexibility index (Phi) is 4.26. The SMILES string of the molecule is Nc1cc(F)c2c(Nc3ccc(F)cc3OC3CCNC3)ncnc2c1. The van der Waals surface area contributed by atoms with Crippen molar-refractivity contribution in [3.63, 3.8) is 0 Å². The van der Waals surface area contributed by atoms with Crippen LogP contribution in [0.1, 0.15) is 6.42 Å². The third kappa shape index (κ3) is 3.23. The number of hydrogen-bond acceptors (Lipinski definition) is 6. The van der Waals surface area contributed by atoms with E-state index in [9.17, 15) is 8.78 Å². The zero-order chi connectivity index (χ0) is 18.1. The summed E-state index contributed by atoms with van der Waals surface area (Å²) in [5.74, 6) is -0.342. The maximum atomic E-state index is 14.4. The number of nitrogens with one attached hydrogen (secondary N) is 2. The number of halogens is 2. The fraction of sp³-hybridized carbons (Fsp3) is 0.222. The second-order valence-corrected chi connectivity index (χ2v) is 6.12. The van der Waals surface area contributed by atoms with Crippen molar-refractivity contribution >= 4 is 28.1 Å². The summed E-state index contributed by atoms with van der Waals surface area (Å²) < 4.78 is 34.0. The van der Waals surface area contributed by atoms with Crippen LogP contribution < -0.4 is 21.1 Å². The second-order valence-electron chi connectivity index (χ2n) is 6.12. The monoisotopic (exact) mass is 357 g/mol. The first kappa shape index (κ1) is 16.5. The first-order valence-corrected chi connectivity index (χ1v) is 8.24. The van der Waals surface area contributed by atoms with E-state index in [1.807, 2.05) is 0 Å². The Morgan fingerprint density at radius 1 is 1.19 bits per heavy atom. The highest BCUT2D eigenvalue weighted by atomic mass is 19.1. The van der Waals surface area contributed by atoms with E-state index in [1.165, 1.54) is 30.6 Å². The van der Waals surface area contributed by atoms with Gasteiger partial charge in [0, 0.05) is 18.3 Å². The van der Waals surface area contributed by atoms with Gasteiger partial charge in [0.15, 0.2) is 0 Å². The zero-order valence-corrected chi connectivity index (χ0v) is 13.8. The fourth-order valence-electron chi connectivity index (χ4n) is 2.99. The molecule has 4 rings (SSSR count). The highest BCUT2D eigenvalue weighted by Gasteiger charge is 2.19. The van der Waals surface area contributed by atoms with E-state index in [-0.39, 0.29) is 23.0 Å². The van der Waals surface area contributed by atoms with Crippen LogP contribution in [0.25, 0.3) is 10.9 Å². The molecule has 26 heavy (non-hydrogen) atoms. The summed E-state index contributed by atoms with van der Waals surface area (Å²) in [4.78, 5) is 8.18. The molecular formula is C18H17F2N5O. The molecule has 134 valence electrons. The lowest BCUT2D eigenvalue weighted by molar-refractivity contribution is 0.223. The number of benzene rings is 2. The Labute approximate surface area is 148 Å². The van der Waals surface area contributed by atoms with E-state index in [0.29, 0.717) is 23.5 Å². The molecule has 1 aromatic heterocycles. The summed E-state index contributed by atoms with van der Waals surface area (Å²) in [7, 11) is 0. The van der Waals surface area contributed by atoms with Crippen molar-refractivity contribution in [2.45, 2.75) is 12.5 Å². The molecule has 0 amide bonds. The Morgan fingerprint density at radius 3 is 2.88 bits per heavy atom. The molecule has 2 heterocycles. The van der Waals surface area contributed by atoms with Crippen LogP contribution in [0.15, 0.2) is 36.7 Å². The minimum Gasteiger partial charge on any atom is -0.487 e. The number of hydrogen-bond donors (Lipinski definition) is 3. The van der Waals surface area contributed by atoms with Crippen molar-refractivity contribution in [3.05, 3.63) is 48.3 Å². The Morgan fingerprint density at radius 2 is 2.08 bits per heavy atom. The zero-order valence-electron chi connectivity index (χ0n) is 13.8. The predicted octanol–water partition coefficient (Wildman–Crippen LogP) is 2.97. The van der Waals surface area contributed by atoms with Gasteiger partial charge in [0.1, 0.15) is 35.6 Å². The lowest BCUT2D eigenvalue weighted by atomic mass is 10.2. The van der Waals surface area contributed by atoms with Gasteiger partial charge in [-0.3, -0.25) is 0 Å². The molecule has 1 aliphatic heterocycles. The number of ether oxygens (including phenoxy) is 1. The Bertz CT molecular complexity index is 960. The Balaban J connectivity index is 1.72. The van der Waals surface area contributed by atoms with E-state index in [4.69, 9.17) is 10.5 Å². The summed E-state index contributed by atoms with van der Waals surface area (Å²) >= 11 is 0. The van der Waals surface area contributed by atoms with Crippen LogP contribution in [0.4, 0.5) is 26.0 Å². The van der Waals surface area contributed by atoms with Gasteiger partial charge in [-0.15, -0.1) is 0 Å². The molecule has 0 aliphatic carbocycles. The van der Waals surface area contributed by atoms with Crippen LogP contribution in [0.3, 0.4) is 0 Å². The number of fused-ring (bicyclic) bond motifs is 1. The summed E-state index contributed by atoms with van der Waals surface area (Å²) in [6.45, 7) is 1.55. The molecule has 1 aliphatic rings. The van der Waals surface area contributed by atoms with E-state index in [2.05, 4.69) is 20.6 Å². The average molecular weight is 357 g/mol. The molecule has 1 saturated heterocycles. The van der Waals surface area contributed by atoms with Crippen molar-refractivity contribution in [2.75, 3.05) is 24.1 Å². The topological polar surface area (TPSA) is 85.1 Å². The summed E-state index contributed by atoms with van der Waals surface area (Å²) in [6.07, 6.45) is 2.10. The van der Waals surface area contributed by atoms with Crippen molar-refractivity contribution in [1.82, 2.24) is 15.3 Å². The molecule has 0 bridgehead atoms. The van der Waals surface area contributed by atoms with Crippen molar-refractivity contribution in [3.8, 4) is 5.75 Å². The highest BCUT2D eigenvalue weighted by molar-refractivity contribution is 5.93. The molecule has 2 aromatic carbocycles. The normalized spacial score (nSPS) is 16.8. The van der Waals surface area contributed by atoms with E-state index in [1.54, 1.807) is 6.07 Å². The third-order valence-electron chi connectivity index (χ3n) is 4.22. The molecule has 1 unspecified atom stereocenters. The van der Waals surface area contributed by atoms with Crippen LogP contribution in [0, 0.1) is 11.6 Å². The van der Waals surface area contributed by atoms with Crippen molar-refractivity contribution < 1.29 is 13.5 Å². The first-order chi connectivity index (χ1) is 12.6. The average Bonchev–Trinajstić information content (AvgIpc) is 3.10. The number of nitrogen functional groups attached to an aromatic ring is 1. The maximum absolute atomic E-state index is 14.4. The van der Waals surface area contributed by atoms with Crippen LogP contribution in [0.5, 0.6) is 5.75 Å². The van der Waals surface area contributed by atoms with Gasteiger partial charge < -0.3 is 21.1 Å². The first-order valence-electron chi connectivity index (χ1n) is 8.24. The van der Waals surface area contributed by atoms with E-state index < -0.39 is 11.6 Å². The molecule has 0 radical (unpaired) electrons. The molecule has 6 nitrogen and oxygen atoms in total. The molecule has 4 N–H and O–H groups in total. The number of rotatable bonds is 4. The van der Waals surface area contributed by atoms with Crippen LogP contribution in [-0.2, 0) is 0 Å². The number of anilines is 3. The molecule has 1 fully saturated rings. The minimum atomic E-state index is -0.535. The lowest BCUT2D eigenvalue weighted by Gasteiger charge is -2.17. The number of nitrogens with zero attached hydrogens (tertiary/aromatic N) is 2. The van der Waals surface area contributed by atoms with Crippen LogP contribution >= 0.6 is 0 Å². The smallest absolute Gasteiger partial charge is 0.146 e. The van der Waals surface area contributed by atoms with Gasteiger partial charge in [-0.2, -0.15) is 0 Å². The molecule has 0 spiro atoms. The van der Waals surface area contributed by atoms with Crippen molar-refractivity contribution in [1.29, 1.82) is 0 Å². The van der Waals surface area contributed by atoms with E-state index >= 15 is 0 Å². The van der Waals surface area contributed by atoms with Gasteiger partial charge in [0.2, 0.25) is 0 Å². The molecule has 1 atom stereocenters. The maximum Gasteiger partial charge on any atom is 0.146 e. The number of aromatic nitrogens is 2. The van der Waals surface area contributed by atoms with Gasteiger partial charge >= 0.3 is 0 Å². The second kappa shape index (κ2) is 6.72. The highest BCUT2D eigenvalue weighted by Crippen LogP contribution is 2.33. The van der Waals surface area contributed by atoms with Crippen molar-refractivity contribution in [2.24, 2.45) is 0 Å². The predicted molar refractivity (Wildman–Crippen MR) is 95.5 cm³/mol. The molecule has 3 aromatic rings. The summed E-state index contributed by atoms with van der Waals surface area (Å²) in [5, 5.41) is 6.43. The van der Waals surface area contributed by atoms with Crippen LogP contribution in [0.2, 0.25) is 0 Å². The molecule has 8 heteroatoms. The largest absolute Gasteiger partial charge is 0.487 e. The van der Waals surface area contributed by atoms with Gasteiger partial charge in [0.05, 0.1) is 16.6 Å². The minimum absolute atomic E-state index is 0.0453. The molecular weight excluding hydrogens is 340 g/mol. The van der Waals surface area contributed by atoms with Gasteiger partial charge in [0.25, 0.3) is 0 Å². The van der Waals surface area contributed by atoms with Gasteiger partial charge in [-0.05, 0) is 37.2 Å². The lowest BCUT2D eigenvalue weighted by Crippen LogP contribution is -2.20. The van der Waals surface area contributed by atoms with Gasteiger partial charge in [-0.1, -0.05) is 0 Å². The van der Waals surface area contributed by atoms with Crippen LogP contribution in [-0.4, -0.2) is 29.2 Å². The number of nitrogens with two attached hydrogens (primary N) is 1. The van der Waals surface area contributed by atoms with Gasteiger partial charge in [-0.25, -0.2) is 18.7 Å². The standard InChI is InChI=1S/C18H17F2N5O/c19-10-1-2-14(16(5-10)26-12-3-4-22-8-12)25-18-17-13(20)6-11(21)7-15(17)23-9-24-18/h1-2,5-7,9,12,22H,3-4,8,21H2,(H,23,24,25).